The largest absolute Gasteiger partial charge is 0.367 e. The van der Waals surface area contributed by atoms with Crippen LogP contribution in [0.3, 0.4) is 0 Å². The van der Waals surface area contributed by atoms with E-state index in [2.05, 4.69) is 16.4 Å². The molecule has 0 spiro atoms. The number of nitrogens with zero attached hydrogens (tertiary/aromatic N) is 3. The van der Waals surface area contributed by atoms with E-state index < -0.39 is 0 Å². The maximum Gasteiger partial charge on any atom is 0.223 e. The molecule has 0 unspecified atom stereocenters. The zero-order valence-electron chi connectivity index (χ0n) is 12.9. The first-order chi connectivity index (χ1) is 10.6. The molecule has 0 radical (unpaired) electrons. The van der Waals surface area contributed by atoms with E-state index in [1.165, 1.54) is 5.56 Å². The smallest absolute Gasteiger partial charge is 0.223 e. The fraction of sp³-hybridized carbons (Fsp3) is 0.500. The first-order valence-electron chi connectivity index (χ1n) is 7.54. The normalized spacial score (nSPS) is 22.0. The summed E-state index contributed by atoms with van der Waals surface area (Å²) < 4.78 is 7.94. The summed E-state index contributed by atoms with van der Waals surface area (Å²) in [5.41, 5.74) is 2.25. The Morgan fingerprint density at radius 1 is 1.50 bits per heavy atom. The van der Waals surface area contributed by atoms with E-state index in [1.807, 2.05) is 35.0 Å². The number of amides is 1. The van der Waals surface area contributed by atoms with Gasteiger partial charge in [-0.1, -0.05) is 0 Å². The van der Waals surface area contributed by atoms with Gasteiger partial charge >= 0.3 is 0 Å². The number of morpholine rings is 1. The average molecular weight is 319 g/mol. The van der Waals surface area contributed by atoms with E-state index in [0.29, 0.717) is 19.5 Å². The molecular formula is C16H21N3O2S. The molecular weight excluding hydrogens is 298 g/mol. The fourth-order valence-electron chi connectivity index (χ4n) is 2.82. The van der Waals surface area contributed by atoms with Gasteiger partial charge in [-0.05, 0) is 35.7 Å². The molecule has 1 fully saturated rings. The molecule has 1 amide bonds. The molecule has 2 aromatic heterocycles. The molecule has 1 saturated heterocycles. The molecule has 6 heteroatoms. The summed E-state index contributed by atoms with van der Waals surface area (Å²) in [6, 6.07) is 2.08. The Labute approximate surface area is 134 Å². The fourth-order valence-corrected chi connectivity index (χ4v) is 3.52. The number of thiophene rings is 1. The van der Waals surface area contributed by atoms with Crippen molar-refractivity contribution in [2.45, 2.75) is 32.0 Å². The summed E-state index contributed by atoms with van der Waals surface area (Å²) >= 11 is 1.66. The summed E-state index contributed by atoms with van der Waals surface area (Å²) in [4.78, 5) is 18.5. The van der Waals surface area contributed by atoms with Crippen LogP contribution in [0.1, 0.15) is 30.7 Å². The van der Waals surface area contributed by atoms with E-state index in [4.69, 9.17) is 4.74 Å². The molecule has 0 aromatic carbocycles. The van der Waals surface area contributed by atoms with Gasteiger partial charge in [0.05, 0.1) is 19.0 Å². The van der Waals surface area contributed by atoms with Crippen LogP contribution in [0.5, 0.6) is 0 Å². The SMILES string of the molecule is C[C@H]1CN(C(=O)CCc2cncn2C)C[C@H](c2ccsc2)O1. The van der Waals surface area contributed by atoms with Crippen molar-refractivity contribution >= 4 is 17.2 Å². The van der Waals surface area contributed by atoms with Crippen LogP contribution in [0, 0.1) is 0 Å². The highest BCUT2D eigenvalue weighted by Crippen LogP contribution is 2.27. The number of hydrogen-bond donors (Lipinski definition) is 0. The average Bonchev–Trinajstić information content (AvgIpc) is 3.15. The van der Waals surface area contributed by atoms with Crippen LogP contribution in [-0.2, 0) is 23.0 Å². The van der Waals surface area contributed by atoms with Crippen LogP contribution >= 0.6 is 11.3 Å². The Kier molecular flexibility index (Phi) is 4.59. The predicted octanol–water partition coefficient (Wildman–Crippen LogP) is 2.40. The summed E-state index contributed by atoms with van der Waals surface area (Å²) in [6.07, 6.45) is 4.90. The van der Waals surface area contributed by atoms with E-state index in [9.17, 15) is 4.79 Å². The number of hydrogen-bond acceptors (Lipinski definition) is 4. The molecule has 0 aliphatic carbocycles. The molecule has 0 N–H and O–H groups in total. The number of aromatic nitrogens is 2. The van der Waals surface area contributed by atoms with Crippen molar-refractivity contribution in [3.8, 4) is 0 Å². The number of ether oxygens (including phenoxy) is 1. The minimum absolute atomic E-state index is 0.00402. The number of carbonyl (C=O) groups excluding carboxylic acids is 1. The monoisotopic (exact) mass is 319 g/mol. The predicted molar refractivity (Wildman–Crippen MR) is 85.7 cm³/mol. The molecule has 0 saturated carbocycles. The van der Waals surface area contributed by atoms with Crippen LogP contribution in [0.4, 0.5) is 0 Å². The zero-order valence-corrected chi connectivity index (χ0v) is 13.8. The quantitative estimate of drug-likeness (QED) is 0.869. The molecule has 5 nitrogen and oxygen atoms in total. The third-order valence-electron chi connectivity index (χ3n) is 4.04. The number of aryl methyl sites for hydroxylation is 2. The summed E-state index contributed by atoms with van der Waals surface area (Å²) in [5, 5.41) is 4.15. The summed E-state index contributed by atoms with van der Waals surface area (Å²) in [5.74, 6) is 0.191. The number of rotatable bonds is 4. The van der Waals surface area contributed by atoms with Gasteiger partial charge in [0.2, 0.25) is 5.91 Å². The van der Waals surface area contributed by atoms with Gasteiger partial charge in [0, 0.05) is 31.9 Å². The first-order valence-corrected chi connectivity index (χ1v) is 8.48. The van der Waals surface area contributed by atoms with E-state index in [-0.39, 0.29) is 18.1 Å². The third kappa shape index (κ3) is 3.39. The van der Waals surface area contributed by atoms with Gasteiger partial charge in [-0.2, -0.15) is 11.3 Å². The second-order valence-electron chi connectivity index (χ2n) is 5.79. The highest BCUT2D eigenvalue weighted by Gasteiger charge is 2.29. The molecule has 1 aliphatic heterocycles. The highest BCUT2D eigenvalue weighted by atomic mass is 32.1. The van der Waals surface area contributed by atoms with Crippen molar-refractivity contribution < 1.29 is 9.53 Å². The van der Waals surface area contributed by atoms with Crippen LogP contribution in [0.2, 0.25) is 0 Å². The van der Waals surface area contributed by atoms with Gasteiger partial charge < -0.3 is 14.2 Å². The Hall–Kier alpha value is -1.66. The molecule has 3 heterocycles. The van der Waals surface area contributed by atoms with Crippen molar-refractivity contribution in [3.05, 3.63) is 40.6 Å². The molecule has 3 rings (SSSR count). The van der Waals surface area contributed by atoms with E-state index in [0.717, 1.165) is 12.1 Å². The highest BCUT2D eigenvalue weighted by molar-refractivity contribution is 7.07. The van der Waals surface area contributed by atoms with Crippen LogP contribution in [0.25, 0.3) is 0 Å². The Balaban J connectivity index is 1.60. The van der Waals surface area contributed by atoms with Crippen molar-refractivity contribution in [3.63, 3.8) is 0 Å². The van der Waals surface area contributed by atoms with Gasteiger partial charge in [0.15, 0.2) is 0 Å². The van der Waals surface area contributed by atoms with E-state index >= 15 is 0 Å². The van der Waals surface area contributed by atoms with Gasteiger partial charge in [0.1, 0.15) is 6.10 Å². The zero-order chi connectivity index (χ0) is 15.5. The Bertz CT molecular complexity index is 623. The molecule has 22 heavy (non-hydrogen) atoms. The first kappa shape index (κ1) is 15.2. The third-order valence-corrected chi connectivity index (χ3v) is 4.74. The lowest BCUT2D eigenvalue weighted by atomic mass is 10.1. The van der Waals surface area contributed by atoms with Crippen LogP contribution in [-0.4, -0.2) is 39.6 Å². The minimum Gasteiger partial charge on any atom is -0.367 e. The van der Waals surface area contributed by atoms with Gasteiger partial charge in [0.25, 0.3) is 0 Å². The summed E-state index contributed by atoms with van der Waals surface area (Å²) in [6.45, 7) is 3.34. The Morgan fingerprint density at radius 2 is 2.36 bits per heavy atom. The molecule has 2 aromatic rings. The van der Waals surface area contributed by atoms with Crippen molar-refractivity contribution in [1.82, 2.24) is 14.5 Å². The van der Waals surface area contributed by atoms with Gasteiger partial charge in [-0.15, -0.1) is 0 Å². The van der Waals surface area contributed by atoms with Crippen molar-refractivity contribution in [2.75, 3.05) is 13.1 Å². The van der Waals surface area contributed by atoms with Crippen molar-refractivity contribution in [2.24, 2.45) is 7.05 Å². The summed E-state index contributed by atoms with van der Waals surface area (Å²) in [7, 11) is 1.95. The topological polar surface area (TPSA) is 47.4 Å². The molecule has 2 atom stereocenters. The van der Waals surface area contributed by atoms with Crippen LogP contribution in [0.15, 0.2) is 29.4 Å². The maximum atomic E-state index is 12.5. The number of imidazole rings is 1. The second kappa shape index (κ2) is 6.62. The van der Waals surface area contributed by atoms with Crippen LogP contribution < -0.4 is 0 Å². The van der Waals surface area contributed by atoms with E-state index in [1.54, 1.807) is 17.7 Å². The Morgan fingerprint density at radius 3 is 3.05 bits per heavy atom. The molecule has 118 valence electrons. The van der Waals surface area contributed by atoms with Gasteiger partial charge in [-0.3, -0.25) is 4.79 Å². The molecule has 0 bridgehead atoms. The lowest BCUT2D eigenvalue weighted by Crippen LogP contribution is -2.46. The lowest BCUT2D eigenvalue weighted by molar-refractivity contribution is -0.144. The van der Waals surface area contributed by atoms with Gasteiger partial charge in [-0.25, -0.2) is 4.98 Å². The standard InChI is InChI=1S/C16H21N3O2S/c1-12-8-19(9-15(21-12)13-5-6-22-10-13)16(20)4-3-14-7-17-11-18(14)2/h5-7,10-12,15H,3-4,8-9H2,1-2H3/t12-,15+/m0/s1. The number of carbonyl (C=O) groups is 1. The molecule has 1 aliphatic rings. The minimum atomic E-state index is -0.00402. The maximum absolute atomic E-state index is 12.5. The lowest BCUT2D eigenvalue weighted by Gasteiger charge is -2.36. The van der Waals surface area contributed by atoms with Crippen molar-refractivity contribution in [1.29, 1.82) is 0 Å². The second-order valence-corrected chi connectivity index (χ2v) is 6.57.